The Balaban J connectivity index is 1.63. The topological polar surface area (TPSA) is 84.5 Å². The van der Waals surface area contributed by atoms with Crippen molar-refractivity contribution in [3.63, 3.8) is 0 Å². The lowest BCUT2D eigenvalue weighted by Crippen LogP contribution is -2.17. The number of carbonyl (C=O) groups excluding carboxylic acids is 1. The van der Waals surface area contributed by atoms with Gasteiger partial charge in [-0.15, -0.1) is 0 Å². The molecule has 0 saturated carbocycles. The van der Waals surface area contributed by atoms with E-state index in [4.69, 9.17) is 11.6 Å². The van der Waals surface area contributed by atoms with Crippen molar-refractivity contribution in [2.45, 2.75) is 17.7 Å². The second-order valence-electron chi connectivity index (χ2n) is 6.90. The quantitative estimate of drug-likeness (QED) is 0.431. The minimum Gasteiger partial charge on any atom is -0.367 e. The Kier molecular flexibility index (Phi) is 7.62. The Morgan fingerprint density at radius 1 is 0.939 bits per heavy atom. The first-order valence-corrected chi connectivity index (χ1v) is 11.3. The lowest BCUT2D eigenvalue weighted by atomic mass is 10.1. The van der Waals surface area contributed by atoms with Crippen LogP contribution >= 0.6 is 11.6 Å². The number of sulfonamides is 1. The minimum atomic E-state index is -4.43. The van der Waals surface area contributed by atoms with Gasteiger partial charge in [-0.05, 0) is 66.2 Å². The van der Waals surface area contributed by atoms with E-state index in [9.17, 15) is 26.4 Å². The van der Waals surface area contributed by atoms with Crippen molar-refractivity contribution in [1.29, 1.82) is 0 Å². The number of ether oxygens (including phenoxy) is 1. The van der Waals surface area contributed by atoms with E-state index < -0.39 is 28.7 Å². The van der Waals surface area contributed by atoms with Crippen molar-refractivity contribution < 1.29 is 31.1 Å². The molecule has 0 spiro atoms. The molecule has 6 nitrogen and oxygen atoms in total. The van der Waals surface area contributed by atoms with Crippen molar-refractivity contribution in [1.82, 2.24) is 0 Å². The molecule has 3 rings (SSSR count). The molecule has 0 radical (unpaired) electrons. The third kappa shape index (κ3) is 7.48. The van der Waals surface area contributed by atoms with Crippen LogP contribution in [0.15, 0.2) is 77.7 Å². The van der Waals surface area contributed by atoms with Crippen LogP contribution in [0.25, 0.3) is 0 Å². The number of hydrogen-bond donors (Lipinski definition) is 2. The van der Waals surface area contributed by atoms with Crippen LogP contribution in [0.5, 0.6) is 0 Å². The third-order valence-electron chi connectivity index (χ3n) is 4.24. The molecule has 0 aromatic heterocycles. The normalized spacial score (nSPS) is 11.8. The second kappa shape index (κ2) is 10.2. The number of benzene rings is 3. The molecule has 174 valence electrons. The van der Waals surface area contributed by atoms with E-state index in [2.05, 4.69) is 14.8 Å². The molecule has 3 aromatic rings. The molecule has 0 atom stereocenters. The largest absolute Gasteiger partial charge is 0.411 e. The highest BCUT2D eigenvalue weighted by Gasteiger charge is 2.27. The maximum absolute atomic E-state index is 12.5. The lowest BCUT2D eigenvalue weighted by Gasteiger charge is -2.11. The van der Waals surface area contributed by atoms with Crippen LogP contribution in [0.2, 0.25) is 5.02 Å². The Hall–Kier alpha value is -3.08. The first-order valence-electron chi connectivity index (χ1n) is 9.45. The Labute approximate surface area is 193 Å². The molecule has 0 saturated heterocycles. The zero-order chi connectivity index (χ0) is 24.1. The number of halogens is 4. The van der Waals surface area contributed by atoms with Crippen LogP contribution in [-0.4, -0.2) is 27.1 Å². The first kappa shape index (κ1) is 24.6. The summed E-state index contributed by atoms with van der Waals surface area (Å²) in [6.07, 6.45) is -4.43. The van der Waals surface area contributed by atoms with E-state index in [-0.39, 0.29) is 17.1 Å². The third-order valence-corrected chi connectivity index (χ3v) is 5.89. The van der Waals surface area contributed by atoms with Crippen molar-refractivity contribution in [2.75, 3.05) is 16.6 Å². The summed E-state index contributed by atoms with van der Waals surface area (Å²) in [7, 11) is -3.85. The summed E-state index contributed by atoms with van der Waals surface area (Å²) < 4.78 is 68.7. The predicted molar refractivity (Wildman–Crippen MR) is 119 cm³/mol. The summed E-state index contributed by atoms with van der Waals surface area (Å²) in [5, 5.41) is 3.08. The fourth-order valence-corrected chi connectivity index (χ4v) is 3.92. The molecular weight excluding hydrogens is 481 g/mol. The smallest absolute Gasteiger partial charge is 0.367 e. The van der Waals surface area contributed by atoms with Crippen molar-refractivity contribution in [3.05, 3.63) is 88.9 Å². The standard InChI is InChI=1S/C22H18ClF3N2O4S/c23-17-4-6-19(7-5-17)28-33(30,31)20-10-8-18(9-11-20)27-21(29)16-3-1-2-15(12-16)13-32-14-22(24,25)26/h1-12,28H,13-14H2,(H,27,29). The summed E-state index contributed by atoms with van der Waals surface area (Å²) in [6, 6.07) is 17.6. The maximum Gasteiger partial charge on any atom is 0.411 e. The molecule has 0 unspecified atom stereocenters. The molecule has 0 bridgehead atoms. The van der Waals surface area contributed by atoms with Crippen LogP contribution in [0.1, 0.15) is 15.9 Å². The molecule has 0 aliphatic heterocycles. The predicted octanol–water partition coefficient (Wildman–Crippen LogP) is 5.47. The highest BCUT2D eigenvalue weighted by Crippen LogP contribution is 2.21. The van der Waals surface area contributed by atoms with Gasteiger partial charge >= 0.3 is 6.18 Å². The molecule has 1 amide bonds. The van der Waals surface area contributed by atoms with Gasteiger partial charge < -0.3 is 10.1 Å². The van der Waals surface area contributed by atoms with Crippen LogP contribution < -0.4 is 10.0 Å². The van der Waals surface area contributed by atoms with Gasteiger partial charge in [0.2, 0.25) is 0 Å². The van der Waals surface area contributed by atoms with Gasteiger partial charge in [-0.1, -0.05) is 23.7 Å². The molecule has 0 aliphatic carbocycles. The van der Waals surface area contributed by atoms with E-state index in [1.165, 1.54) is 54.6 Å². The molecule has 33 heavy (non-hydrogen) atoms. The van der Waals surface area contributed by atoms with Gasteiger partial charge in [0.1, 0.15) is 6.61 Å². The van der Waals surface area contributed by atoms with Crippen molar-refractivity contribution >= 4 is 38.9 Å². The Morgan fingerprint density at radius 2 is 1.58 bits per heavy atom. The van der Waals surface area contributed by atoms with Gasteiger partial charge in [-0.25, -0.2) is 8.42 Å². The SMILES string of the molecule is O=C(Nc1ccc(S(=O)(=O)Nc2ccc(Cl)cc2)cc1)c1cccc(COCC(F)(F)F)c1. The maximum atomic E-state index is 12.5. The number of carbonyl (C=O) groups is 1. The van der Waals surface area contributed by atoms with Crippen LogP contribution in [-0.2, 0) is 21.4 Å². The van der Waals surface area contributed by atoms with E-state index in [0.29, 0.717) is 22.0 Å². The average Bonchev–Trinajstić information content (AvgIpc) is 2.75. The molecule has 0 aliphatic rings. The van der Waals surface area contributed by atoms with Gasteiger partial charge in [-0.2, -0.15) is 13.2 Å². The van der Waals surface area contributed by atoms with Crippen molar-refractivity contribution in [2.24, 2.45) is 0 Å². The molecule has 2 N–H and O–H groups in total. The van der Waals surface area contributed by atoms with Gasteiger partial charge in [0, 0.05) is 22.0 Å². The van der Waals surface area contributed by atoms with Gasteiger partial charge in [0.25, 0.3) is 15.9 Å². The second-order valence-corrected chi connectivity index (χ2v) is 9.02. The zero-order valence-corrected chi connectivity index (χ0v) is 18.5. The number of hydrogen-bond acceptors (Lipinski definition) is 4. The monoisotopic (exact) mass is 498 g/mol. The molecule has 0 heterocycles. The van der Waals surface area contributed by atoms with Crippen LogP contribution in [0.4, 0.5) is 24.5 Å². The zero-order valence-electron chi connectivity index (χ0n) is 16.9. The number of alkyl halides is 3. The molecule has 3 aromatic carbocycles. The van der Waals surface area contributed by atoms with Gasteiger partial charge in [0.05, 0.1) is 11.5 Å². The Bertz CT molecular complexity index is 1220. The molecule has 11 heteroatoms. The van der Waals surface area contributed by atoms with Gasteiger partial charge in [-0.3, -0.25) is 9.52 Å². The van der Waals surface area contributed by atoms with E-state index in [0.717, 1.165) is 0 Å². The highest BCUT2D eigenvalue weighted by atomic mass is 35.5. The van der Waals surface area contributed by atoms with E-state index in [1.54, 1.807) is 18.2 Å². The summed E-state index contributed by atoms with van der Waals surface area (Å²) >= 11 is 5.79. The summed E-state index contributed by atoms with van der Waals surface area (Å²) in [6.45, 7) is -1.68. The van der Waals surface area contributed by atoms with E-state index >= 15 is 0 Å². The van der Waals surface area contributed by atoms with Crippen LogP contribution in [0.3, 0.4) is 0 Å². The number of nitrogens with one attached hydrogen (secondary N) is 2. The minimum absolute atomic E-state index is 0.0146. The summed E-state index contributed by atoms with van der Waals surface area (Å²) in [5.74, 6) is -0.512. The Morgan fingerprint density at radius 3 is 2.21 bits per heavy atom. The molecule has 0 fully saturated rings. The fourth-order valence-electron chi connectivity index (χ4n) is 2.74. The summed E-state index contributed by atoms with van der Waals surface area (Å²) in [5.41, 5.74) is 1.30. The van der Waals surface area contributed by atoms with Crippen LogP contribution in [0, 0.1) is 0 Å². The van der Waals surface area contributed by atoms with Crippen molar-refractivity contribution in [3.8, 4) is 0 Å². The highest BCUT2D eigenvalue weighted by molar-refractivity contribution is 7.92. The van der Waals surface area contributed by atoms with Gasteiger partial charge in [0.15, 0.2) is 0 Å². The number of anilines is 2. The average molecular weight is 499 g/mol. The fraction of sp³-hybridized carbons (Fsp3) is 0.136. The summed E-state index contributed by atoms with van der Waals surface area (Å²) in [4.78, 5) is 12.5. The lowest BCUT2D eigenvalue weighted by molar-refractivity contribution is -0.176. The van der Waals surface area contributed by atoms with E-state index in [1.807, 2.05) is 0 Å². The first-order chi connectivity index (χ1) is 15.5. The number of amides is 1. The molecular formula is C22H18ClF3N2O4S. The number of rotatable bonds is 8.